The van der Waals surface area contributed by atoms with Crippen molar-refractivity contribution in [3.8, 4) is 6.07 Å². The first-order chi connectivity index (χ1) is 7.74. The molecule has 1 fully saturated rings. The maximum absolute atomic E-state index is 9.04. The predicted octanol–water partition coefficient (Wildman–Crippen LogP) is 2.00. The highest BCUT2D eigenvalue weighted by atomic mass is 15.0. The lowest BCUT2D eigenvalue weighted by Crippen LogP contribution is -2.38. The Kier molecular flexibility index (Phi) is 6.44. The van der Waals surface area contributed by atoms with E-state index in [1.54, 1.807) is 0 Å². The van der Waals surface area contributed by atoms with Crippen LogP contribution in [0.1, 0.15) is 38.5 Å². The second kappa shape index (κ2) is 7.65. The summed E-state index contributed by atoms with van der Waals surface area (Å²) in [5.41, 5.74) is 0. The second-order valence-electron chi connectivity index (χ2n) is 5.09. The molecule has 1 aliphatic rings. The Labute approximate surface area is 99.8 Å². The summed E-state index contributed by atoms with van der Waals surface area (Å²) in [6, 6.07) is 2.90. The van der Waals surface area contributed by atoms with E-state index < -0.39 is 0 Å². The van der Waals surface area contributed by atoms with Crippen LogP contribution in [-0.4, -0.2) is 38.1 Å². The maximum atomic E-state index is 9.04. The largest absolute Gasteiger partial charge is 0.313 e. The lowest BCUT2D eigenvalue weighted by molar-refractivity contribution is 0.307. The molecular weight excluding hydrogens is 198 g/mol. The number of hydrogen-bond acceptors (Lipinski definition) is 3. The number of nitrogens with one attached hydrogen (secondary N) is 1. The van der Waals surface area contributed by atoms with Gasteiger partial charge in [-0.25, -0.2) is 0 Å². The molecule has 3 nitrogen and oxygen atoms in total. The predicted molar refractivity (Wildman–Crippen MR) is 67.1 cm³/mol. The maximum Gasteiger partial charge on any atom is 0.0672 e. The van der Waals surface area contributed by atoms with Crippen molar-refractivity contribution in [3.05, 3.63) is 0 Å². The molecule has 1 saturated carbocycles. The molecule has 0 aliphatic heterocycles. The van der Waals surface area contributed by atoms with Crippen molar-refractivity contribution >= 4 is 0 Å². The van der Waals surface area contributed by atoms with Gasteiger partial charge in [0.1, 0.15) is 0 Å². The molecular formula is C13H25N3. The van der Waals surface area contributed by atoms with Gasteiger partial charge in [0.15, 0.2) is 0 Å². The van der Waals surface area contributed by atoms with E-state index in [9.17, 15) is 0 Å². The van der Waals surface area contributed by atoms with Crippen LogP contribution < -0.4 is 5.32 Å². The number of hydrogen-bond donors (Lipinski definition) is 1. The molecule has 0 aromatic rings. The van der Waals surface area contributed by atoms with Crippen molar-refractivity contribution in [2.75, 3.05) is 27.2 Å². The second-order valence-corrected chi connectivity index (χ2v) is 5.09. The van der Waals surface area contributed by atoms with Crippen LogP contribution in [0.3, 0.4) is 0 Å². The summed E-state index contributed by atoms with van der Waals surface area (Å²) in [5.74, 6) is 0.252. The van der Waals surface area contributed by atoms with Crippen LogP contribution in [0.25, 0.3) is 0 Å². The van der Waals surface area contributed by atoms with E-state index in [-0.39, 0.29) is 5.92 Å². The van der Waals surface area contributed by atoms with Crippen molar-refractivity contribution in [1.82, 2.24) is 10.2 Å². The molecule has 2 atom stereocenters. The molecule has 0 radical (unpaired) electrons. The fraction of sp³-hybridized carbons (Fsp3) is 0.923. The molecule has 92 valence electrons. The fourth-order valence-corrected chi connectivity index (χ4v) is 2.37. The van der Waals surface area contributed by atoms with Crippen molar-refractivity contribution in [2.45, 2.75) is 44.6 Å². The number of nitrogens with zero attached hydrogens (tertiary/aromatic N) is 2. The van der Waals surface area contributed by atoms with Crippen LogP contribution in [0.4, 0.5) is 0 Å². The van der Waals surface area contributed by atoms with Crippen molar-refractivity contribution in [2.24, 2.45) is 5.92 Å². The van der Waals surface area contributed by atoms with Gasteiger partial charge in [-0.1, -0.05) is 12.8 Å². The Morgan fingerprint density at radius 1 is 1.25 bits per heavy atom. The first-order valence-corrected chi connectivity index (χ1v) is 6.51. The Bertz CT molecular complexity index is 220. The van der Waals surface area contributed by atoms with E-state index in [0.717, 1.165) is 19.5 Å². The van der Waals surface area contributed by atoms with Gasteiger partial charge in [-0.15, -0.1) is 0 Å². The summed E-state index contributed by atoms with van der Waals surface area (Å²) in [6.45, 7) is 2.23. The Balaban J connectivity index is 2.09. The molecule has 1 aliphatic carbocycles. The summed E-state index contributed by atoms with van der Waals surface area (Å²) < 4.78 is 0. The Morgan fingerprint density at radius 3 is 2.69 bits per heavy atom. The van der Waals surface area contributed by atoms with Crippen LogP contribution in [-0.2, 0) is 0 Å². The van der Waals surface area contributed by atoms with Gasteiger partial charge in [0, 0.05) is 6.04 Å². The lowest BCUT2D eigenvalue weighted by Gasteiger charge is -2.27. The highest BCUT2D eigenvalue weighted by Gasteiger charge is 2.23. The standard InChI is InChI=1S/C13H25N3/c1-16(2)10-6-5-9-15-13-8-4-3-7-12(13)11-14/h12-13,15H,3-10H2,1-2H3. The SMILES string of the molecule is CN(C)CCCCNC1CCCCC1C#N. The van der Waals surface area contributed by atoms with E-state index in [1.165, 1.54) is 32.1 Å². The molecule has 0 spiro atoms. The van der Waals surface area contributed by atoms with Crippen LogP contribution in [0.2, 0.25) is 0 Å². The first kappa shape index (κ1) is 13.5. The zero-order chi connectivity index (χ0) is 11.8. The number of nitriles is 1. The molecule has 0 aromatic carbocycles. The Morgan fingerprint density at radius 2 is 2.00 bits per heavy atom. The van der Waals surface area contributed by atoms with Gasteiger partial charge in [0.05, 0.1) is 12.0 Å². The van der Waals surface area contributed by atoms with E-state index in [0.29, 0.717) is 6.04 Å². The monoisotopic (exact) mass is 223 g/mol. The molecule has 1 N–H and O–H groups in total. The topological polar surface area (TPSA) is 39.1 Å². The summed E-state index contributed by atoms with van der Waals surface area (Å²) in [4.78, 5) is 2.22. The van der Waals surface area contributed by atoms with Gasteiger partial charge in [0.2, 0.25) is 0 Å². The molecule has 1 rings (SSSR count). The van der Waals surface area contributed by atoms with Gasteiger partial charge in [-0.05, 0) is 52.9 Å². The summed E-state index contributed by atoms with van der Waals surface area (Å²) >= 11 is 0. The average Bonchev–Trinajstić information content (AvgIpc) is 2.29. The van der Waals surface area contributed by atoms with Crippen LogP contribution in [0.15, 0.2) is 0 Å². The normalized spacial score (nSPS) is 25.6. The summed E-state index contributed by atoms with van der Waals surface area (Å²) in [6.07, 6.45) is 7.25. The number of rotatable bonds is 6. The third-order valence-electron chi connectivity index (χ3n) is 3.37. The molecule has 0 aromatic heterocycles. The number of unbranched alkanes of at least 4 members (excludes halogenated alkanes) is 1. The van der Waals surface area contributed by atoms with E-state index in [4.69, 9.17) is 5.26 Å². The lowest BCUT2D eigenvalue weighted by atomic mass is 9.85. The van der Waals surface area contributed by atoms with E-state index in [1.807, 2.05) is 0 Å². The highest BCUT2D eigenvalue weighted by molar-refractivity contribution is 4.94. The van der Waals surface area contributed by atoms with Gasteiger partial charge >= 0.3 is 0 Å². The van der Waals surface area contributed by atoms with Gasteiger partial charge in [-0.3, -0.25) is 0 Å². The minimum absolute atomic E-state index is 0.252. The smallest absolute Gasteiger partial charge is 0.0672 e. The van der Waals surface area contributed by atoms with Gasteiger partial charge in [0.25, 0.3) is 0 Å². The molecule has 0 heterocycles. The third-order valence-corrected chi connectivity index (χ3v) is 3.37. The van der Waals surface area contributed by atoms with Crippen LogP contribution in [0, 0.1) is 17.2 Å². The zero-order valence-corrected chi connectivity index (χ0v) is 10.7. The first-order valence-electron chi connectivity index (χ1n) is 6.51. The molecule has 16 heavy (non-hydrogen) atoms. The minimum atomic E-state index is 0.252. The van der Waals surface area contributed by atoms with E-state index >= 15 is 0 Å². The summed E-state index contributed by atoms with van der Waals surface area (Å²) in [5, 5.41) is 12.6. The minimum Gasteiger partial charge on any atom is -0.313 e. The molecule has 0 bridgehead atoms. The van der Waals surface area contributed by atoms with Gasteiger partial charge < -0.3 is 10.2 Å². The molecule has 0 saturated heterocycles. The highest BCUT2D eigenvalue weighted by Crippen LogP contribution is 2.23. The van der Waals surface area contributed by atoms with Crippen LogP contribution in [0.5, 0.6) is 0 Å². The Hall–Kier alpha value is -0.590. The molecule has 2 unspecified atom stereocenters. The molecule has 3 heteroatoms. The van der Waals surface area contributed by atoms with Crippen molar-refractivity contribution < 1.29 is 0 Å². The average molecular weight is 223 g/mol. The zero-order valence-electron chi connectivity index (χ0n) is 10.7. The third kappa shape index (κ3) is 4.96. The van der Waals surface area contributed by atoms with Crippen molar-refractivity contribution in [1.29, 1.82) is 5.26 Å². The fourth-order valence-electron chi connectivity index (χ4n) is 2.37. The van der Waals surface area contributed by atoms with Crippen LogP contribution >= 0.6 is 0 Å². The molecule has 0 amide bonds. The van der Waals surface area contributed by atoms with E-state index in [2.05, 4.69) is 30.4 Å². The van der Waals surface area contributed by atoms with Crippen molar-refractivity contribution in [3.63, 3.8) is 0 Å². The summed E-state index contributed by atoms with van der Waals surface area (Å²) in [7, 11) is 4.22. The van der Waals surface area contributed by atoms with Gasteiger partial charge in [-0.2, -0.15) is 5.26 Å². The quantitative estimate of drug-likeness (QED) is 0.700.